The zero-order valence-electron chi connectivity index (χ0n) is 22.8. The number of carbonyl (C=O) groups excluding carboxylic acids is 4. The van der Waals surface area contributed by atoms with Crippen LogP contribution in [0.3, 0.4) is 0 Å². The lowest BCUT2D eigenvalue weighted by Crippen LogP contribution is -2.53. The van der Waals surface area contributed by atoms with Gasteiger partial charge in [0.05, 0.1) is 13.0 Å². The normalized spacial score (nSPS) is 16.3. The van der Waals surface area contributed by atoms with Gasteiger partial charge in [0, 0.05) is 11.4 Å². The monoisotopic (exact) mass is 572 g/mol. The van der Waals surface area contributed by atoms with Crippen molar-refractivity contribution in [3.63, 3.8) is 0 Å². The highest BCUT2D eigenvalue weighted by molar-refractivity contribution is 6.30. The standard InChI is InChI=1S/C30H37ClN2O7/c1-19(29(37)40-18-22-10-4-3-5-11-22)32-28(36)26(34)24(16-20-8-6-7-9-20)27(35)33-25(30(38)39-2)17-21-12-14-23(31)15-13-21/h3-5,10-15,19-20,24-26,34H,6-9,16-18H2,1-2H3,(H,32,36)(H,33,35). The number of aliphatic hydroxyl groups is 1. The minimum absolute atomic E-state index is 0.0394. The quantitative estimate of drug-likeness (QED) is 0.314. The number of carbonyl (C=O) groups is 4. The molecule has 1 saturated carbocycles. The third-order valence-electron chi connectivity index (χ3n) is 7.14. The van der Waals surface area contributed by atoms with Crippen LogP contribution in [-0.2, 0) is 41.7 Å². The van der Waals surface area contributed by atoms with E-state index in [4.69, 9.17) is 21.1 Å². The molecule has 1 aliphatic carbocycles. The van der Waals surface area contributed by atoms with Gasteiger partial charge in [-0.05, 0) is 42.5 Å². The second kappa shape index (κ2) is 15.4. The average molecular weight is 573 g/mol. The van der Waals surface area contributed by atoms with Crippen molar-refractivity contribution in [1.82, 2.24) is 10.6 Å². The van der Waals surface area contributed by atoms with Gasteiger partial charge in [0.1, 0.15) is 24.8 Å². The molecule has 1 aliphatic rings. The Bertz CT molecular complexity index is 1140. The maximum Gasteiger partial charge on any atom is 0.328 e. The van der Waals surface area contributed by atoms with Gasteiger partial charge in [-0.3, -0.25) is 9.59 Å². The molecule has 0 radical (unpaired) electrons. The van der Waals surface area contributed by atoms with E-state index in [-0.39, 0.29) is 25.4 Å². The molecule has 0 heterocycles. The van der Waals surface area contributed by atoms with E-state index in [9.17, 15) is 24.3 Å². The molecule has 0 bridgehead atoms. The SMILES string of the molecule is COC(=O)C(Cc1ccc(Cl)cc1)NC(=O)C(CC1CCCC1)C(O)C(=O)NC(C)C(=O)OCc1ccccc1. The molecule has 0 saturated heterocycles. The molecule has 3 rings (SSSR count). The van der Waals surface area contributed by atoms with Crippen LogP contribution in [0.1, 0.15) is 50.2 Å². The number of methoxy groups -OCH3 is 1. The van der Waals surface area contributed by atoms with E-state index in [1.807, 2.05) is 18.2 Å². The Labute approximate surface area is 239 Å². The van der Waals surface area contributed by atoms with Crippen LogP contribution in [-0.4, -0.2) is 54.2 Å². The summed E-state index contributed by atoms with van der Waals surface area (Å²) >= 11 is 5.95. The van der Waals surface area contributed by atoms with Crippen molar-refractivity contribution in [2.24, 2.45) is 11.8 Å². The lowest BCUT2D eigenvalue weighted by molar-refractivity contribution is -0.151. The van der Waals surface area contributed by atoms with Crippen molar-refractivity contribution < 1.29 is 33.8 Å². The van der Waals surface area contributed by atoms with Crippen LogP contribution in [0.25, 0.3) is 0 Å². The number of rotatable bonds is 13. The van der Waals surface area contributed by atoms with E-state index in [2.05, 4.69) is 10.6 Å². The first-order valence-corrected chi connectivity index (χ1v) is 13.9. The van der Waals surface area contributed by atoms with Gasteiger partial charge in [0.25, 0.3) is 0 Å². The van der Waals surface area contributed by atoms with Crippen LogP contribution < -0.4 is 10.6 Å². The summed E-state index contributed by atoms with van der Waals surface area (Å²) in [6, 6.07) is 13.8. The van der Waals surface area contributed by atoms with Gasteiger partial charge >= 0.3 is 11.9 Å². The van der Waals surface area contributed by atoms with Crippen LogP contribution in [0.15, 0.2) is 54.6 Å². The Balaban J connectivity index is 1.67. The molecule has 4 unspecified atom stereocenters. The number of ether oxygens (including phenoxy) is 2. The fourth-order valence-electron chi connectivity index (χ4n) is 4.85. The van der Waals surface area contributed by atoms with E-state index in [0.29, 0.717) is 5.02 Å². The predicted octanol–water partition coefficient (Wildman–Crippen LogP) is 3.35. The molecule has 2 amide bonds. The van der Waals surface area contributed by atoms with Crippen LogP contribution >= 0.6 is 11.6 Å². The zero-order chi connectivity index (χ0) is 29.1. The summed E-state index contributed by atoms with van der Waals surface area (Å²) in [7, 11) is 1.22. The summed E-state index contributed by atoms with van der Waals surface area (Å²) in [5.41, 5.74) is 1.54. The number of aliphatic hydroxyl groups excluding tert-OH is 1. The highest BCUT2D eigenvalue weighted by atomic mass is 35.5. The third kappa shape index (κ3) is 9.34. The number of amides is 2. The van der Waals surface area contributed by atoms with Crippen LogP contribution in [0, 0.1) is 11.8 Å². The summed E-state index contributed by atoms with van der Waals surface area (Å²) in [5, 5.41) is 16.7. The first kappa shape index (κ1) is 31.1. The van der Waals surface area contributed by atoms with Gasteiger partial charge in [-0.1, -0.05) is 79.7 Å². The molecule has 216 valence electrons. The summed E-state index contributed by atoms with van der Waals surface area (Å²) in [4.78, 5) is 51.4. The number of esters is 2. The maximum absolute atomic E-state index is 13.5. The van der Waals surface area contributed by atoms with Gasteiger partial charge in [-0.2, -0.15) is 0 Å². The lowest BCUT2D eigenvalue weighted by Gasteiger charge is -2.27. The zero-order valence-corrected chi connectivity index (χ0v) is 23.6. The van der Waals surface area contributed by atoms with Gasteiger partial charge in [-0.25, -0.2) is 9.59 Å². The van der Waals surface area contributed by atoms with Gasteiger partial charge < -0.3 is 25.2 Å². The molecule has 40 heavy (non-hydrogen) atoms. The molecule has 3 N–H and O–H groups in total. The van der Waals surface area contributed by atoms with Crippen molar-refractivity contribution in [3.05, 3.63) is 70.7 Å². The molecule has 1 fully saturated rings. The Kier molecular flexibility index (Phi) is 12.0. The van der Waals surface area contributed by atoms with E-state index in [1.165, 1.54) is 14.0 Å². The highest BCUT2D eigenvalue weighted by Gasteiger charge is 2.37. The topological polar surface area (TPSA) is 131 Å². The van der Waals surface area contributed by atoms with E-state index >= 15 is 0 Å². The fraction of sp³-hybridized carbons (Fsp3) is 0.467. The van der Waals surface area contributed by atoms with E-state index in [0.717, 1.165) is 36.8 Å². The molecule has 0 aliphatic heterocycles. The van der Waals surface area contributed by atoms with Crippen molar-refractivity contribution >= 4 is 35.4 Å². The molecule has 9 nitrogen and oxygen atoms in total. The summed E-state index contributed by atoms with van der Waals surface area (Å²) in [5.74, 6) is -3.81. The Hall–Kier alpha value is -3.43. The van der Waals surface area contributed by atoms with Crippen molar-refractivity contribution in [1.29, 1.82) is 0 Å². The van der Waals surface area contributed by atoms with E-state index in [1.54, 1.807) is 36.4 Å². The summed E-state index contributed by atoms with van der Waals surface area (Å²) in [6.45, 7) is 1.49. The fourth-order valence-corrected chi connectivity index (χ4v) is 4.98. The van der Waals surface area contributed by atoms with Crippen molar-refractivity contribution in [2.75, 3.05) is 7.11 Å². The predicted molar refractivity (Wildman–Crippen MR) is 149 cm³/mol. The first-order chi connectivity index (χ1) is 19.2. The lowest BCUT2D eigenvalue weighted by atomic mass is 9.87. The molecule has 2 aromatic carbocycles. The number of benzene rings is 2. The van der Waals surface area contributed by atoms with E-state index < -0.39 is 47.9 Å². The van der Waals surface area contributed by atoms with Crippen molar-refractivity contribution in [3.8, 4) is 0 Å². The number of hydrogen-bond donors (Lipinski definition) is 3. The number of nitrogens with one attached hydrogen (secondary N) is 2. The number of halogens is 1. The second-order valence-electron chi connectivity index (χ2n) is 10.2. The molecular formula is C30H37ClN2O7. The summed E-state index contributed by atoms with van der Waals surface area (Å²) < 4.78 is 10.2. The number of hydrogen-bond acceptors (Lipinski definition) is 7. The Morgan fingerprint density at radius 1 is 0.925 bits per heavy atom. The third-order valence-corrected chi connectivity index (χ3v) is 7.39. The Morgan fingerprint density at radius 3 is 2.20 bits per heavy atom. The maximum atomic E-state index is 13.5. The van der Waals surface area contributed by atoms with Gasteiger partial charge in [0.2, 0.25) is 11.8 Å². The molecule has 0 spiro atoms. The molecular weight excluding hydrogens is 536 g/mol. The Morgan fingerprint density at radius 2 is 1.57 bits per heavy atom. The molecule has 10 heteroatoms. The second-order valence-corrected chi connectivity index (χ2v) is 10.6. The highest BCUT2D eigenvalue weighted by Crippen LogP contribution is 2.32. The minimum atomic E-state index is -1.74. The van der Waals surface area contributed by atoms with Gasteiger partial charge in [0.15, 0.2) is 0 Å². The molecule has 4 atom stereocenters. The minimum Gasteiger partial charge on any atom is -0.467 e. The first-order valence-electron chi connectivity index (χ1n) is 13.5. The van der Waals surface area contributed by atoms with Crippen LogP contribution in [0.5, 0.6) is 0 Å². The average Bonchev–Trinajstić information content (AvgIpc) is 3.48. The van der Waals surface area contributed by atoms with Crippen LogP contribution in [0.2, 0.25) is 5.02 Å². The largest absolute Gasteiger partial charge is 0.467 e. The molecule has 0 aromatic heterocycles. The van der Waals surface area contributed by atoms with Gasteiger partial charge in [-0.15, -0.1) is 0 Å². The molecule has 2 aromatic rings. The van der Waals surface area contributed by atoms with Crippen LogP contribution in [0.4, 0.5) is 0 Å². The smallest absolute Gasteiger partial charge is 0.328 e. The van der Waals surface area contributed by atoms with Crippen molar-refractivity contribution in [2.45, 2.75) is 70.2 Å². The summed E-state index contributed by atoms with van der Waals surface area (Å²) in [6.07, 6.45) is 2.44.